The number of hydrogen-bond acceptors (Lipinski definition) is 2. The lowest BCUT2D eigenvalue weighted by molar-refractivity contribution is -0.141. The van der Waals surface area contributed by atoms with Crippen LogP contribution < -0.4 is 5.32 Å². The van der Waals surface area contributed by atoms with Crippen molar-refractivity contribution in [2.45, 2.75) is 45.1 Å². The maximum atomic E-state index is 12.8. The molecule has 1 aliphatic rings. The fraction of sp³-hybridized carbons (Fsp3) is 0.391. The Kier molecular flexibility index (Phi) is 5.94. The average Bonchev–Trinajstić information content (AvgIpc) is 3.17. The molecule has 142 valence electrons. The van der Waals surface area contributed by atoms with Crippen molar-refractivity contribution in [2.24, 2.45) is 11.8 Å². The van der Waals surface area contributed by atoms with Gasteiger partial charge in [-0.3, -0.25) is 9.59 Å². The van der Waals surface area contributed by atoms with Gasteiger partial charge in [0.1, 0.15) is 0 Å². The fourth-order valence-electron chi connectivity index (χ4n) is 3.78. The van der Waals surface area contributed by atoms with Gasteiger partial charge in [-0.2, -0.15) is 0 Å². The van der Waals surface area contributed by atoms with E-state index in [-0.39, 0.29) is 17.9 Å². The number of amides is 1. The third-order valence-electron chi connectivity index (χ3n) is 5.51. The molecule has 2 N–H and O–H groups in total. The zero-order valence-electron chi connectivity index (χ0n) is 15.9. The molecule has 2 unspecified atom stereocenters. The predicted octanol–water partition coefficient (Wildman–Crippen LogP) is 4.52. The molecule has 2 aromatic rings. The van der Waals surface area contributed by atoms with Gasteiger partial charge in [-0.05, 0) is 41.9 Å². The van der Waals surface area contributed by atoms with E-state index in [2.05, 4.69) is 43.4 Å². The fourth-order valence-corrected chi connectivity index (χ4v) is 3.78. The van der Waals surface area contributed by atoms with Crippen molar-refractivity contribution < 1.29 is 14.7 Å². The molecule has 0 aliphatic heterocycles. The monoisotopic (exact) mass is 365 g/mol. The number of carbonyl (C=O) groups is 2. The predicted molar refractivity (Wildman–Crippen MR) is 105 cm³/mol. The third-order valence-corrected chi connectivity index (χ3v) is 5.51. The van der Waals surface area contributed by atoms with Crippen molar-refractivity contribution in [1.82, 2.24) is 5.32 Å². The number of hydrogen-bond donors (Lipinski definition) is 2. The van der Waals surface area contributed by atoms with Crippen LogP contribution in [0.5, 0.6) is 0 Å². The second-order valence-corrected chi connectivity index (χ2v) is 7.72. The Hall–Kier alpha value is -2.62. The first-order chi connectivity index (χ1) is 13.0. The summed E-state index contributed by atoms with van der Waals surface area (Å²) in [7, 11) is 0. The SMILES string of the molecule is CC(C)c1ccc([C@@H](NC(=O)C2CCC(C(=O)O)C2)c2ccccc2)cc1. The Balaban J connectivity index is 1.81. The summed E-state index contributed by atoms with van der Waals surface area (Å²) in [5, 5.41) is 12.4. The molecule has 3 atom stereocenters. The normalized spacial score (nSPS) is 20.4. The maximum absolute atomic E-state index is 12.8. The van der Waals surface area contributed by atoms with Crippen LogP contribution in [0, 0.1) is 11.8 Å². The maximum Gasteiger partial charge on any atom is 0.306 e. The second-order valence-electron chi connectivity index (χ2n) is 7.72. The summed E-state index contributed by atoms with van der Waals surface area (Å²) in [5.74, 6) is -1.03. The third kappa shape index (κ3) is 4.57. The van der Waals surface area contributed by atoms with Gasteiger partial charge in [-0.15, -0.1) is 0 Å². The molecular formula is C23H27NO3. The first kappa shape index (κ1) is 19.2. The first-order valence-electron chi connectivity index (χ1n) is 9.63. The van der Waals surface area contributed by atoms with E-state index in [4.69, 9.17) is 0 Å². The molecular weight excluding hydrogens is 338 g/mol. The van der Waals surface area contributed by atoms with Crippen molar-refractivity contribution in [1.29, 1.82) is 0 Å². The van der Waals surface area contributed by atoms with Gasteiger partial charge in [-0.25, -0.2) is 0 Å². The minimum atomic E-state index is -0.797. The van der Waals surface area contributed by atoms with E-state index in [1.165, 1.54) is 5.56 Å². The number of nitrogens with one attached hydrogen (secondary N) is 1. The Morgan fingerprint density at radius 2 is 1.44 bits per heavy atom. The lowest BCUT2D eigenvalue weighted by atomic mass is 9.94. The van der Waals surface area contributed by atoms with E-state index in [0.29, 0.717) is 25.2 Å². The van der Waals surface area contributed by atoms with Gasteiger partial charge in [0.05, 0.1) is 12.0 Å². The van der Waals surface area contributed by atoms with Crippen LogP contribution in [0.3, 0.4) is 0 Å². The lowest BCUT2D eigenvalue weighted by Gasteiger charge is -2.22. The quantitative estimate of drug-likeness (QED) is 0.791. The summed E-state index contributed by atoms with van der Waals surface area (Å²) in [6.45, 7) is 4.31. The molecule has 4 nitrogen and oxygen atoms in total. The molecule has 1 aliphatic carbocycles. The topological polar surface area (TPSA) is 66.4 Å². The molecule has 27 heavy (non-hydrogen) atoms. The van der Waals surface area contributed by atoms with E-state index in [9.17, 15) is 14.7 Å². The minimum Gasteiger partial charge on any atom is -0.481 e. The van der Waals surface area contributed by atoms with Gasteiger partial charge in [0, 0.05) is 5.92 Å². The van der Waals surface area contributed by atoms with Crippen molar-refractivity contribution in [2.75, 3.05) is 0 Å². The number of carboxylic acids is 1. The van der Waals surface area contributed by atoms with Crippen LogP contribution in [0.1, 0.15) is 61.8 Å². The number of carboxylic acid groups (broad SMARTS) is 1. The van der Waals surface area contributed by atoms with Gasteiger partial charge in [0.2, 0.25) is 5.91 Å². The number of benzene rings is 2. The molecule has 0 bridgehead atoms. The average molecular weight is 365 g/mol. The number of aliphatic carboxylic acids is 1. The van der Waals surface area contributed by atoms with Crippen molar-refractivity contribution in [3.05, 3.63) is 71.3 Å². The summed E-state index contributed by atoms with van der Waals surface area (Å²) in [6.07, 6.45) is 1.64. The zero-order valence-corrected chi connectivity index (χ0v) is 15.9. The highest BCUT2D eigenvalue weighted by Gasteiger charge is 2.34. The Labute approximate surface area is 160 Å². The summed E-state index contributed by atoms with van der Waals surface area (Å²) >= 11 is 0. The molecule has 1 fully saturated rings. The molecule has 0 radical (unpaired) electrons. The van der Waals surface area contributed by atoms with Gasteiger partial charge < -0.3 is 10.4 Å². The van der Waals surface area contributed by atoms with Crippen LogP contribution in [0.25, 0.3) is 0 Å². The van der Waals surface area contributed by atoms with Crippen LogP contribution >= 0.6 is 0 Å². The highest BCUT2D eigenvalue weighted by Crippen LogP contribution is 2.32. The van der Waals surface area contributed by atoms with Gasteiger partial charge in [0.15, 0.2) is 0 Å². The summed E-state index contributed by atoms with van der Waals surface area (Å²) < 4.78 is 0. The van der Waals surface area contributed by atoms with E-state index in [1.54, 1.807) is 0 Å². The smallest absolute Gasteiger partial charge is 0.306 e. The molecule has 0 spiro atoms. The Morgan fingerprint density at radius 1 is 0.889 bits per heavy atom. The summed E-state index contributed by atoms with van der Waals surface area (Å²) in [5.41, 5.74) is 3.32. The molecule has 2 aromatic carbocycles. The van der Waals surface area contributed by atoms with E-state index >= 15 is 0 Å². The van der Waals surface area contributed by atoms with Crippen molar-refractivity contribution >= 4 is 11.9 Å². The molecule has 0 aromatic heterocycles. The first-order valence-corrected chi connectivity index (χ1v) is 9.63. The molecule has 1 saturated carbocycles. The van der Waals surface area contributed by atoms with Crippen molar-refractivity contribution in [3.63, 3.8) is 0 Å². The molecule has 0 heterocycles. The zero-order chi connectivity index (χ0) is 19.4. The Morgan fingerprint density at radius 3 is 2.00 bits per heavy atom. The number of rotatable bonds is 6. The van der Waals surface area contributed by atoms with Crippen LogP contribution in [-0.2, 0) is 9.59 Å². The van der Waals surface area contributed by atoms with Gasteiger partial charge in [0.25, 0.3) is 0 Å². The highest BCUT2D eigenvalue weighted by atomic mass is 16.4. The minimum absolute atomic E-state index is 0.0551. The van der Waals surface area contributed by atoms with E-state index < -0.39 is 11.9 Å². The standard InChI is InChI=1S/C23H27NO3/c1-15(2)16-8-10-18(11-9-16)21(17-6-4-3-5-7-17)24-22(25)19-12-13-20(14-19)23(26)27/h3-11,15,19-21H,12-14H2,1-2H3,(H,24,25)(H,26,27)/t19?,20?,21-/m0/s1. The molecule has 1 amide bonds. The van der Waals surface area contributed by atoms with E-state index in [1.807, 2.05) is 30.3 Å². The second kappa shape index (κ2) is 8.38. The molecule has 3 rings (SSSR count). The van der Waals surface area contributed by atoms with Gasteiger partial charge in [-0.1, -0.05) is 68.4 Å². The van der Waals surface area contributed by atoms with Crippen LogP contribution in [0.4, 0.5) is 0 Å². The summed E-state index contributed by atoms with van der Waals surface area (Å²) in [6, 6.07) is 18.0. The highest BCUT2D eigenvalue weighted by molar-refractivity contribution is 5.81. The van der Waals surface area contributed by atoms with Crippen LogP contribution in [0.15, 0.2) is 54.6 Å². The van der Waals surface area contributed by atoms with Crippen LogP contribution in [0.2, 0.25) is 0 Å². The Bertz CT molecular complexity index is 783. The van der Waals surface area contributed by atoms with Crippen molar-refractivity contribution in [3.8, 4) is 0 Å². The largest absolute Gasteiger partial charge is 0.481 e. The number of carbonyl (C=O) groups excluding carboxylic acids is 1. The summed E-state index contributed by atoms with van der Waals surface area (Å²) in [4.78, 5) is 24.0. The van der Waals surface area contributed by atoms with Gasteiger partial charge >= 0.3 is 5.97 Å². The lowest BCUT2D eigenvalue weighted by Crippen LogP contribution is -2.34. The molecule has 4 heteroatoms. The van der Waals surface area contributed by atoms with Crippen LogP contribution in [-0.4, -0.2) is 17.0 Å². The van der Waals surface area contributed by atoms with E-state index in [0.717, 1.165) is 11.1 Å². The molecule has 0 saturated heterocycles.